The second-order valence-corrected chi connectivity index (χ2v) is 5.57. The van der Waals surface area contributed by atoms with Gasteiger partial charge in [0.25, 0.3) is 0 Å². The molecular weight excluding hydrogens is 200 g/mol. The summed E-state index contributed by atoms with van der Waals surface area (Å²) < 4.78 is 2.07. The lowest BCUT2D eigenvalue weighted by molar-refractivity contribution is 0.217. The first-order valence-electron chi connectivity index (χ1n) is 5.94. The molecule has 0 spiro atoms. The van der Waals surface area contributed by atoms with Crippen LogP contribution in [0.5, 0.6) is 0 Å². The Labute approximate surface area is 97.4 Å². The Bertz CT molecular complexity index is 356. The van der Waals surface area contributed by atoms with Gasteiger partial charge in [-0.1, -0.05) is 13.8 Å². The van der Waals surface area contributed by atoms with Gasteiger partial charge in [-0.2, -0.15) is 0 Å². The Balaban J connectivity index is 2.16. The average Bonchev–Trinajstić information content (AvgIpc) is 2.76. The van der Waals surface area contributed by atoms with E-state index in [1.54, 1.807) is 0 Å². The highest BCUT2D eigenvalue weighted by atomic mass is 15.2. The lowest BCUT2D eigenvalue weighted by Crippen LogP contribution is -2.34. The van der Waals surface area contributed by atoms with E-state index in [0.29, 0.717) is 18.0 Å². The molecule has 2 heterocycles. The molecule has 1 unspecified atom stereocenters. The van der Waals surface area contributed by atoms with Crippen molar-refractivity contribution in [2.45, 2.75) is 26.3 Å². The van der Waals surface area contributed by atoms with Crippen LogP contribution in [-0.4, -0.2) is 34.1 Å². The number of likely N-dealkylation sites (tertiary alicyclic amines) is 1. The zero-order chi connectivity index (χ0) is 11.8. The molecule has 1 saturated heterocycles. The van der Waals surface area contributed by atoms with Crippen molar-refractivity contribution in [1.82, 2.24) is 14.5 Å². The standard InChI is InChI=1S/C12H22N4/c1-12(2)4-5-16(8-12)10(6-13)11-7-14-9-15(11)3/h7,9-10H,4-6,8,13H2,1-3H3. The maximum atomic E-state index is 5.92. The van der Waals surface area contributed by atoms with E-state index < -0.39 is 0 Å². The molecule has 2 N–H and O–H groups in total. The van der Waals surface area contributed by atoms with Crippen LogP contribution in [0.15, 0.2) is 12.5 Å². The van der Waals surface area contributed by atoms with Crippen LogP contribution in [0, 0.1) is 5.41 Å². The van der Waals surface area contributed by atoms with Gasteiger partial charge in [0.1, 0.15) is 0 Å². The molecule has 1 fully saturated rings. The zero-order valence-corrected chi connectivity index (χ0v) is 10.5. The van der Waals surface area contributed by atoms with E-state index in [-0.39, 0.29) is 0 Å². The van der Waals surface area contributed by atoms with Crippen LogP contribution in [0.2, 0.25) is 0 Å². The van der Waals surface area contributed by atoms with Gasteiger partial charge in [0.05, 0.1) is 18.1 Å². The molecule has 1 aromatic rings. The van der Waals surface area contributed by atoms with Crippen molar-refractivity contribution in [2.75, 3.05) is 19.6 Å². The summed E-state index contributed by atoms with van der Waals surface area (Å²) >= 11 is 0. The van der Waals surface area contributed by atoms with Gasteiger partial charge in [0.2, 0.25) is 0 Å². The van der Waals surface area contributed by atoms with Crippen molar-refractivity contribution >= 4 is 0 Å². The van der Waals surface area contributed by atoms with Gasteiger partial charge < -0.3 is 10.3 Å². The third kappa shape index (κ3) is 2.13. The van der Waals surface area contributed by atoms with Gasteiger partial charge in [0, 0.05) is 26.3 Å². The monoisotopic (exact) mass is 222 g/mol. The molecule has 0 bridgehead atoms. The topological polar surface area (TPSA) is 47.1 Å². The summed E-state index contributed by atoms with van der Waals surface area (Å²) in [6.07, 6.45) is 5.03. The Morgan fingerprint density at radius 3 is 2.75 bits per heavy atom. The summed E-state index contributed by atoms with van der Waals surface area (Å²) in [5, 5.41) is 0. The highest BCUT2D eigenvalue weighted by Crippen LogP contribution is 2.34. The summed E-state index contributed by atoms with van der Waals surface area (Å²) in [5.41, 5.74) is 7.56. The smallest absolute Gasteiger partial charge is 0.0946 e. The second-order valence-electron chi connectivity index (χ2n) is 5.57. The van der Waals surface area contributed by atoms with Crippen LogP contribution in [0.4, 0.5) is 0 Å². The number of aromatic nitrogens is 2. The molecule has 2 rings (SSSR count). The summed E-state index contributed by atoms with van der Waals surface area (Å²) in [6, 6.07) is 0.314. The Kier molecular flexibility index (Phi) is 3.04. The molecule has 0 aliphatic carbocycles. The van der Waals surface area contributed by atoms with E-state index in [4.69, 9.17) is 5.73 Å². The van der Waals surface area contributed by atoms with Crippen molar-refractivity contribution in [3.63, 3.8) is 0 Å². The van der Waals surface area contributed by atoms with Crippen LogP contribution >= 0.6 is 0 Å². The summed E-state index contributed by atoms with van der Waals surface area (Å²) in [7, 11) is 2.03. The quantitative estimate of drug-likeness (QED) is 0.834. The van der Waals surface area contributed by atoms with Gasteiger partial charge in [-0.25, -0.2) is 4.98 Å². The van der Waals surface area contributed by atoms with Crippen molar-refractivity contribution < 1.29 is 0 Å². The van der Waals surface area contributed by atoms with Crippen LogP contribution in [-0.2, 0) is 7.05 Å². The highest BCUT2D eigenvalue weighted by molar-refractivity contribution is 5.07. The number of nitrogens with zero attached hydrogens (tertiary/aromatic N) is 3. The highest BCUT2D eigenvalue weighted by Gasteiger charge is 2.34. The van der Waals surface area contributed by atoms with E-state index in [2.05, 4.69) is 28.3 Å². The molecule has 0 saturated carbocycles. The molecule has 1 aromatic heterocycles. The van der Waals surface area contributed by atoms with E-state index >= 15 is 0 Å². The third-order valence-electron chi connectivity index (χ3n) is 3.57. The molecule has 0 amide bonds. The van der Waals surface area contributed by atoms with Crippen molar-refractivity contribution in [2.24, 2.45) is 18.2 Å². The molecule has 1 aliphatic rings. The number of aryl methyl sites for hydroxylation is 1. The molecule has 1 aliphatic heterocycles. The first-order chi connectivity index (χ1) is 7.53. The Hall–Kier alpha value is -0.870. The number of hydrogen-bond acceptors (Lipinski definition) is 3. The van der Waals surface area contributed by atoms with Gasteiger partial charge in [-0.3, -0.25) is 4.90 Å². The van der Waals surface area contributed by atoms with Crippen LogP contribution < -0.4 is 5.73 Å². The lowest BCUT2D eigenvalue weighted by atomic mass is 9.93. The first-order valence-corrected chi connectivity index (χ1v) is 5.94. The molecule has 0 radical (unpaired) electrons. The minimum Gasteiger partial charge on any atom is -0.336 e. The van der Waals surface area contributed by atoms with Gasteiger partial charge in [0.15, 0.2) is 0 Å². The van der Waals surface area contributed by atoms with Crippen molar-refractivity contribution in [1.29, 1.82) is 0 Å². The van der Waals surface area contributed by atoms with Gasteiger partial charge in [-0.05, 0) is 18.4 Å². The summed E-state index contributed by atoms with van der Waals surface area (Å²) in [4.78, 5) is 6.66. The lowest BCUT2D eigenvalue weighted by Gasteiger charge is -2.28. The van der Waals surface area contributed by atoms with E-state index in [1.165, 1.54) is 12.1 Å². The minimum absolute atomic E-state index is 0.314. The fourth-order valence-corrected chi connectivity index (χ4v) is 2.57. The predicted molar refractivity (Wildman–Crippen MR) is 65.0 cm³/mol. The van der Waals surface area contributed by atoms with Crippen LogP contribution in [0.1, 0.15) is 32.0 Å². The van der Waals surface area contributed by atoms with Gasteiger partial charge >= 0.3 is 0 Å². The normalized spacial score (nSPS) is 22.5. The van der Waals surface area contributed by atoms with Crippen molar-refractivity contribution in [3.05, 3.63) is 18.2 Å². The summed E-state index contributed by atoms with van der Waals surface area (Å²) in [6.45, 7) is 7.57. The number of hydrogen-bond donors (Lipinski definition) is 1. The van der Waals surface area contributed by atoms with E-state index in [1.807, 2.05) is 19.6 Å². The van der Waals surface area contributed by atoms with Crippen LogP contribution in [0.25, 0.3) is 0 Å². The van der Waals surface area contributed by atoms with Gasteiger partial charge in [-0.15, -0.1) is 0 Å². The number of rotatable bonds is 3. The fraction of sp³-hybridized carbons (Fsp3) is 0.750. The molecule has 1 atom stereocenters. The zero-order valence-electron chi connectivity index (χ0n) is 10.5. The third-order valence-corrected chi connectivity index (χ3v) is 3.57. The fourth-order valence-electron chi connectivity index (χ4n) is 2.57. The predicted octanol–water partition coefficient (Wildman–Crippen LogP) is 1.15. The van der Waals surface area contributed by atoms with Crippen LogP contribution in [0.3, 0.4) is 0 Å². The Morgan fingerprint density at radius 2 is 2.31 bits per heavy atom. The first kappa shape index (κ1) is 11.6. The number of imidazole rings is 1. The maximum absolute atomic E-state index is 5.92. The Morgan fingerprint density at radius 1 is 1.56 bits per heavy atom. The summed E-state index contributed by atoms with van der Waals surface area (Å²) in [5.74, 6) is 0. The molecule has 4 heteroatoms. The average molecular weight is 222 g/mol. The molecule has 0 aromatic carbocycles. The van der Waals surface area contributed by atoms with E-state index in [9.17, 15) is 0 Å². The van der Waals surface area contributed by atoms with Crippen molar-refractivity contribution in [3.8, 4) is 0 Å². The second kappa shape index (κ2) is 4.18. The molecule has 16 heavy (non-hydrogen) atoms. The molecule has 4 nitrogen and oxygen atoms in total. The minimum atomic E-state index is 0.314. The van der Waals surface area contributed by atoms with E-state index in [0.717, 1.165) is 13.1 Å². The molecular formula is C12H22N4. The largest absolute Gasteiger partial charge is 0.336 e. The molecule has 90 valence electrons. The maximum Gasteiger partial charge on any atom is 0.0946 e. The SMILES string of the molecule is Cn1cncc1C(CN)N1CCC(C)(C)C1. The number of nitrogens with two attached hydrogens (primary N) is 1.